The molecule has 0 spiro atoms. The van der Waals surface area contributed by atoms with Crippen LogP contribution in [0.25, 0.3) is 11.0 Å². The monoisotopic (exact) mass is 458 g/mol. The summed E-state index contributed by atoms with van der Waals surface area (Å²) in [5.74, 6) is 1.57. The predicted molar refractivity (Wildman–Crippen MR) is 123 cm³/mol. The quantitative estimate of drug-likeness (QED) is 0.450. The normalized spacial score (nSPS) is 14.6. The first-order valence-corrected chi connectivity index (χ1v) is 11.2. The standard InChI is InChI=1S/C24H27ClN2O5/c25-20-5-1-2-6-22(20)31-16-18(28)15-26-9-12-30-19-7-8-21-17(13-19)14-23(32-21)24(29)27-10-3-4-11-27/h1-2,5-8,13-14,18,26,28H,3-4,9-12,15-16H2. The number of halogens is 1. The van der Waals surface area contributed by atoms with Crippen LogP contribution in [0, 0.1) is 0 Å². The molecule has 0 radical (unpaired) electrons. The summed E-state index contributed by atoms with van der Waals surface area (Å²) in [5.41, 5.74) is 0.666. The number of nitrogens with one attached hydrogen (secondary N) is 1. The van der Waals surface area contributed by atoms with Crippen LogP contribution in [0.4, 0.5) is 0 Å². The molecule has 1 unspecified atom stereocenters. The van der Waals surface area contributed by atoms with Crippen molar-refractivity contribution in [2.75, 3.05) is 39.4 Å². The number of aliphatic hydroxyl groups excluding tert-OH is 1. The maximum absolute atomic E-state index is 12.5. The van der Waals surface area contributed by atoms with Crippen molar-refractivity contribution >= 4 is 28.5 Å². The molecule has 3 aromatic rings. The largest absolute Gasteiger partial charge is 0.492 e. The number of nitrogens with zero attached hydrogens (tertiary/aromatic N) is 1. The van der Waals surface area contributed by atoms with E-state index < -0.39 is 6.10 Å². The lowest BCUT2D eigenvalue weighted by Gasteiger charge is -2.14. The van der Waals surface area contributed by atoms with Gasteiger partial charge in [-0.2, -0.15) is 0 Å². The molecule has 1 fully saturated rings. The highest BCUT2D eigenvalue weighted by atomic mass is 35.5. The molecule has 1 aliphatic rings. The van der Waals surface area contributed by atoms with E-state index in [0.29, 0.717) is 47.6 Å². The molecular weight excluding hydrogens is 432 g/mol. The van der Waals surface area contributed by atoms with Gasteiger partial charge in [0.05, 0.1) is 5.02 Å². The van der Waals surface area contributed by atoms with E-state index in [2.05, 4.69) is 5.32 Å². The fourth-order valence-corrected chi connectivity index (χ4v) is 3.80. The first-order chi connectivity index (χ1) is 15.6. The summed E-state index contributed by atoms with van der Waals surface area (Å²) < 4.78 is 17.0. The summed E-state index contributed by atoms with van der Waals surface area (Å²) in [4.78, 5) is 14.3. The van der Waals surface area contributed by atoms with Crippen molar-refractivity contribution < 1.29 is 23.8 Å². The molecule has 7 nitrogen and oxygen atoms in total. The van der Waals surface area contributed by atoms with Gasteiger partial charge in [0.2, 0.25) is 0 Å². The minimum Gasteiger partial charge on any atom is -0.492 e. The Labute approximate surface area is 191 Å². The summed E-state index contributed by atoms with van der Waals surface area (Å²) in [5, 5.41) is 14.5. The number of hydrogen-bond donors (Lipinski definition) is 2. The number of rotatable bonds is 10. The Hall–Kier alpha value is -2.74. The molecule has 170 valence electrons. The molecule has 2 heterocycles. The zero-order valence-corrected chi connectivity index (χ0v) is 18.5. The molecule has 0 saturated carbocycles. The van der Waals surface area contributed by atoms with Crippen LogP contribution in [0.15, 0.2) is 52.9 Å². The van der Waals surface area contributed by atoms with Crippen molar-refractivity contribution in [2.24, 2.45) is 0 Å². The van der Waals surface area contributed by atoms with Gasteiger partial charge in [0, 0.05) is 31.6 Å². The summed E-state index contributed by atoms with van der Waals surface area (Å²) in [6.07, 6.45) is 1.42. The van der Waals surface area contributed by atoms with E-state index in [1.165, 1.54) is 0 Å². The Morgan fingerprint density at radius 3 is 2.78 bits per heavy atom. The lowest BCUT2D eigenvalue weighted by molar-refractivity contribution is 0.0763. The van der Waals surface area contributed by atoms with Gasteiger partial charge in [-0.15, -0.1) is 0 Å². The van der Waals surface area contributed by atoms with E-state index in [0.717, 1.165) is 31.3 Å². The van der Waals surface area contributed by atoms with Crippen molar-refractivity contribution in [1.82, 2.24) is 10.2 Å². The number of carbonyl (C=O) groups is 1. The third kappa shape index (κ3) is 5.73. The first-order valence-electron chi connectivity index (χ1n) is 10.8. The summed E-state index contributed by atoms with van der Waals surface area (Å²) in [7, 11) is 0. The molecule has 32 heavy (non-hydrogen) atoms. The van der Waals surface area contributed by atoms with Gasteiger partial charge in [-0.25, -0.2) is 0 Å². The molecular formula is C24H27ClN2O5. The van der Waals surface area contributed by atoms with Gasteiger partial charge in [0.25, 0.3) is 5.91 Å². The molecule has 8 heteroatoms. The Morgan fingerprint density at radius 2 is 1.97 bits per heavy atom. The zero-order valence-electron chi connectivity index (χ0n) is 17.8. The lowest BCUT2D eigenvalue weighted by atomic mass is 10.2. The van der Waals surface area contributed by atoms with Crippen LogP contribution in [-0.4, -0.2) is 61.4 Å². The van der Waals surface area contributed by atoms with Gasteiger partial charge in [-0.1, -0.05) is 23.7 Å². The number of hydrogen-bond acceptors (Lipinski definition) is 6. The molecule has 1 aliphatic heterocycles. The van der Waals surface area contributed by atoms with Crippen molar-refractivity contribution in [1.29, 1.82) is 0 Å². The van der Waals surface area contributed by atoms with Gasteiger partial charge in [-0.3, -0.25) is 4.79 Å². The van der Waals surface area contributed by atoms with E-state index in [9.17, 15) is 9.90 Å². The zero-order chi connectivity index (χ0) is 22.3. The number of para-hydroxylation sites is 1. The number of aliphatic hydroxyl groups is 1. The third-order valence-electron chi connectivity index (χ3n) is 5.29. The Morgan fingerprint density at radius 1 is 1.16 bits per heavy atom. The van der Waals surface area contributed by atoms with E-state index >= 15 is 0 Å². The predicted octanol–water partition coefficient (Wildman–Crippen LogP) is 3.73. The van der Waals surface area contributed by atoms with Gasteiger partial charge in [-0.05, 0) is 49.2 Å². The molecule has 1 aromatic heterocycles. The van der Waals surface area contributed by atoms with Crippen molar-refractivity contribution in [3.8, 4) is 11.5 Å². The SMILES string of the molecule is O=C(c1cc2cc(OCCNCC(O)COc3ccccc3Cl)ccc2o1)N1CCCC1. The van der Waals surface area contributed by atoms with Crippen molar-refractivity contribution in [3.63, 3.8) is 0 Å². The lowest BCUT2D eigenvalue weighted by Crippen LogP contribution is -2.33. The van der Waals surface area contributed by atoms with E-state index in [1.54, 1.807) is 18.2 Å². The summed E-state index contributed by atoms with van der Waals surface area (Å²) in [6, 6.07) is 14.4. The van der Waals surface area contributed by atoms with E-state index in [1.807, 2.05) is 35.2 Å². The first kappa shape index (κ1) is 22.5. The summed E-state index contributed by atoms with van der Waals surface area (Å²) >= 11 is 6.03. The second kappa shape index (κ2) is 10.7. The Balaban J connectivity index is 1.19. The van der Waals surface area contributed by atoms with Crippen LogP contribution >= 0.6 is 11.6 Å². The minimum atomic E-state index is -0.667. The highest BCUT2D eigenvalue weighted by molar-refractivity contribution is 6.32. The number of benzene rings is 2. The molecule has 2 N–H and O–H groups in total. The number of ether oxygens (including phenoxy) is 2. The Kier molecular flexibility index (Phi) is 7.52. The maximum Gasteiger partial charge on any atom is 0.289 e. The second-order valence-corrected chi connectivity index (χ2v) is 8.16. The number of amides is 1. The highest BCUT2D eigenvalue weighted by Crippen LogP contribution is 2.26. The summed E-state index contributed by atoms with van der Waals surface area (Å²) in [6.45, 7) is 3.09. The van der Waals surface area contributed by atoms with Crippen LogP contribution in [-0.2, 0) is 0 Å². The molecule has 1 amide bonds. The van der Waals surface area contributed by atoms with Gasteiger partial charge >= 0.3 is 0 Å². The van der Waals surface area contributed by atoms with Crippen molar-refractivity contribution in [2.45, 2.75) is 18.9 Å². The average molecular weight is 459 g/mol. The topological polar surface area (TPSA) is 84.2 Å². The van der Waals surface area contributed by atoms with Crippen molar-refractivity contribution in [3.05, 3.63) is 59.3 Å². The van der Waals surface area contributed by atoms with E-state index in [-0.39, 0.29) is 12.5 Å². The van der Waals surface area contributed by atoms with Gasteiger partial charge < -0.3 is 29.2 Å². The van der Waals surface area contributed by atoms with Gasteiger partial charge in [0.15, 0.2) is 5.76 Å². The maximum atomic E-state index is 12.5. The molecule has 1 atom stereocenters. The molecule has 1 saturated heterocycles. The number of likely N-dealkylation sites (tertiary alicyclic amines) is 1. The Bertz CT molecular complexity index is 1050. The highest BCUT2D eigenvalue weighted by Gasteiger charge is 2.22. The van der Waals surface area contributed by atoms with Crippen LogP contribution in [0.2, 0.25) is 5.02 Å². The van der Waals surface area contributed by atoms with Crippen LogP contribution in [0.1, 0.15) is 23.4 Å². The smallest absolute Gasteiger partial charge is 0.289 e. The fourth-order valence-electron chi connectivity index (χ4n) is 3.61. The molecule has 4 rings (SSSR count). The van der Waals surface area contributed by atoms with Crippen LogP contribution in [0.5, 0.6) is 11.5 Å². The second-order valence-electron chi connectivity index (χ2n) is 7.76. The molecule has 0 aliphatic carbocycles. The van der Waals surface area contributed by atoms with Gasteiger partial charge in [0.1, 0.15) is 36.4 Å². The fraction of sp³-hybridized carbons (Fsp3) is 0.375. The van der Waals surface area contributed by atoms with E-state index in [4.69, 9.17) is 25.5 Å². The number of furan rings is 1. The molecule has 0 bridgehead atoms. The van der Waals surface area contributed by atoms with Crippen LogP contribution < -0.4 is 14.8 Å². The minimum absolute atomic E-state index is 0.0533. The third-order valence-corrected chi connectivity index (χ3v) is 5.60. The van der Waals surface area contributed by atoms with Crippen LogP contribution in [0.3, 0.4) is 0 Å². The average Bonchev–Trinajstić information content (AvgIpc) is 3.48. The molecule has 2 aromatic carbocycles. The number of carbonyl (C=O) groups excluding carboxylic acids is 1. The number of fused-ring (bicyclic) bond motifs is 1.